The lowest BCUT2D eigenvalue weighted by molar-refractivity contribution is -0.141. The molecule has 1 aliphatic carbocycles. The summed E-state index contributed by atoms with van der Waals surface area (Å²) in [5.74, 6) is -14.3. The molecule has 1 saturated carbocycles. The first-order valence-corrected chi connectivity index (χ1v) is 13.4. The first-order chi connectivity index (χ1) is 16.2. The number of halogens is 7. The minimum Gasteiger partial charge on any atom is -0.744 e. The van der Waals surface area contributed by atoms with E-state index in [1.54, 1.807) is 12.1 Å². The highest BCUT2D eigenvalue weighted by Crippen LogP contribution is 2.35. The monoisotopic (exact) mass is 709 g/mol. The van der Waals surface area contributed by atoms with Gasteiger partial charge < -0.3 is 14.0 Å². The van der Waals surface area contributed by atoms with Gasteiger partial charge in [0.25, 0.3) is 0 Å². The number of ether oxygens (including phenoxy) is 2. The van der Waals surface area contributed by atoms with E-state index in [2.05, 4.69) is 52.5 Å². The molecule has 0 atom stereocenters. The highest BCUT2D eigenvalue weighted by atomic mass is 79.9. The van der Waals surface area contributed by atoms with Gasteiger partial charge in [0, 0.05) is 13.4 Å². The van der Waals surface area contributed by atoms with E-state index in [4.69, 9.17) is 4.74 Å². The van der Waals surface area contributed by atoms with Crippen LogP contribution in [-0.2, 0) is 19.6 Å². The molecule has 1 aliphatic rings. The van der Waals surface area contributed by atoms with Crippen LogP contribution < -0.4 is 4.74 Å². The lowest BCUT2D eigenvalue weighted by Gasteiger charge is -2.27. The predicted molar refractivity (Wildman–Crippen MR) is 121 cm³/mol. The molecule has 0 amide bonds. The Bertz CT molecular complexity index is 1260. The standard InChI is InChI=1S/C20H13Br3F4O7S/c21-8-5-10(22)12(11(23)6-8)20(29)33-9-3-1-7(2-4-9)19(28)34-17-13(24)15(26)18(35(30,31)32)16(27)14(17)25/h5-7,9H,1-4H2,(H,30,31,32)/p-1. The Morgan fingerprint density at radius 1 is 0.886 bits per heavy atom. The zero-order valence-electron chi connectivity index (χ0n) is 17.0. The van der Waals surface area contributed by atoms with Gasteiger partial charge in [-0.15, -0.1) is 0 Å². The van der Waals surface area contributed by atoms with Crippen molar-refractivity contribution in [2.24, 2.45) is 5.92 Å². The molecule has 0 aromatic heterocycles. The van der Waals surface area contributed by atoms with Crippen LogP contribution in [0.2, 0.25) is 0 Å². The first-order valence-electron chi connectivity index (χ1n) is 9.61. The molecule has 2 aromatic carbocycles. The maximum atomic E-state index is 14.1. The van der Waals surface area contributed by atoms with Crippen LogP contribution in [0.3, 0.4) is 0 Å². The van der Waals surface area contributed by atoms with Gasteiger partial charge in [-0.3, -0.25) is 4.79 Å². The minimum absolute atomic E-state index is 0.0562. The Morgan fingerprint density at radius 2 is 1.37 bits per heavy atom. The molecule has 0 heterocycles. The summed E-state index contributed by atoms with van der Waals surface area (Å²) < 4.78 is 100. The Labute approximate surface area is 221 Å². The van der Waals surface area contributed by atoms with Gasteiger partial charge in [0.2, 0.25) is 17.4 Å². The van der Waals surface area contributed by atoms with Crippen molar-refractivity contribution >= 4 is 69.8 Å². The van der Waals surface area contributed by atoms with Gasteiger partial charge in [0.05, 0.1) is 11.5 Å². The second kappa shape index (κ2) is 10.8. The zero-order chi connectivity index (χ0) is 26.2. The summed E-state index contributed by atoms with van der Waals surface area (Å²) >= 11 is 9.83. The summed E-state index contributed by atoms with van der Waals surface area (Å²) in [4.78, 5) is 22.5. The van der Waals surface area contributed by atoms with E-state index in [0.29, 0.717) is 13.4 Å². The Morgan fingerprint density at radius 3 is 1.83 bits per heavy atom. The summed E-state index contributed by atoms with van der Waals surface area (Å²) in [6.45, 7) is 0. The van der Waals surface area contributed by atoms with Gasteiger partial charge in [-0.1, -0.05) is 15.9 Å². The molecule has 3 rings (SSSR count). The molecule has 190 valence electrons. The van der Waals surface area contributed by atoms with Crippen molar-refractivity contribution in [1.29, 1.82) is 0 Å². The topological polar surface area (TPSA) is 110 Å². The van der Waals surface area contributed by atoms with Crippen molar-refractivity contribution in [3.63, 3.8) is 0 Å². The molecule has 1 fully saturated rings. The summed E-state index contributed by atoms with van der Waals surface area (Å²) in [6, 6.07) is 3.30. The van der Waals surface area contributed by atoms with Crippen LogP contribution in [0.5, 0.6) is 5.75 Å². The van der Waals surface area contributed by atoms with Gasteiger partial charge in [-0.05, 0) is 69.7 Å². The molecule has 0 radical (unpaired) electrons. The first kappa shape index (κ1) is 28.0. The third kappa shape index (κ3) is 6.06. The fourth-order valence-corrected chi connectivity index (χ4v) is 6.65. The Balaban J connectivity index is 1.67. The van der Waals surface area contributed by atoms with E-state index in [1.807, 2.05) is 0 Å². The van der Waals surface area contributed by atoms with Gasteiger partial charge in [-0.25, -0.2) is 22.0 Å². The largest absolute Gasteiger partial charge is 0.744 e. The number of benzene rings is 2. The Kier molecular flexibility index (Phi) is 8.67. The van der Waals surface area contributed by atoms with Gasteiger partial charge >= 0.3 is 11.9 Å². The molecule has 0 saturated heterocycles. The quantitative estimate of drug-likeness (QED) is 0.128. The highest BCUT2D eigenvalue weighted by molar-refractivity contribution is 9.11. The smallest absolute Gasteiger partial charge is 0.340 e. The molecule has 0 N–H and O–H groups in total. The molecular weight excluding hydrogens is 700 g/mol. The van der Waals surface area contributed by atoms with Crippen LogP contribution in [0.1, 0.15) is 36.0 Å². The SMILES string of the molecule is O=C(OC1CCC(C(=O)Oc2c(F)c(F)c(S(=O)(=O)[O-])c(F)c2F)CC1)c1c(Br)cc(Br)cc1Br. The molecule has 0 unspecified atom stereocenters. The summed E-state index contributed by atoms with van der Waals surface area (Å²) in [7, 11) is -5.89. The van der Waals surface area contributed by atoms with Crippen LogP contribution in [-0.4, -0.2) is 31.0 Å². The van der Waals surface area contributed by atoms with Crippen LogP contribution in [0.25, 0.3) is 0 Å². The summed E-state index contributed by atoms with van der Waals surface area (Å²) in [6.07, 6.45) is -0.114. The average Bonchev–Trinajstić information content (AvgIpc) is 2.74. The summed E-state index contributed by atoms with van der Waals surface area (Å²) in [5, 5.41) is 0. The van der Waals surface area contributed by atoms with E-state index >= 15 is 0 Å². The Hall–Kier alpha value is -1.55. The summed E-state index contributed by atoms with van der Waals surface area (Å²) in [5.41, 5.74) is 0.244. The number of carbonyl (C=O) groups is 2. The molecule has 0 aliphatic heterocycles. The van der Waals surface area contributed by atoms with Crippen molar-refractivity contribution in [2.75, 3.05) is 0 Å². The van der Waals surface area contributed by atoms with Gasteiger partial charge in [0.1, 0.15) is 21.1 Å². The van der Waals surface area contributed by atoms with Gasteiger partial charge in [0.15, 0.2) is 11.6 Å². The van der Waals surface area contributed by atoms with Crippen LogP contribution in [0.4, 0.5) is 17.6 Å². The number of rotatable bonds is 5. The normalized spacial score (nSPS) is 18.3. The molecule has 2 aromatic rings. The number of esters is 2. The van der Waals surface area contributed by atoms with Gasteiger partial charge in [-0.2, -0.15) is 8.78 Å². The molecule has 35 heavy (non-hydrogen) atoms. The molecule has 15 heteroatoms. The van der Waals surface area contributed by atoms with E-state index in [-0.39, 0.29) is 31.2 Å². The number of carbonyl (C=O) groups excluding carboxylic acids is 2. The maximum Gasteiger partial charge on any atom is 0.340 e. The highest BCUT2D eigenvalue weighted by Gasteiger charge is 2.35. The third-order valence-corrected chi connectivity index (χ3v) is 7.69. The molecular formula is C20H12Br3F4O7S-. The van der Waals surface area contributed by atoms with Crippen molar-refractivity contribution in [2.45, 2.75) is 36.7 Å². The van der Waals surface area contributed by atoms with Crippen LogP contribution in [0.15, 0.2) is 30.4 Å². The number of hydrogen-bond donors (Lipinski definition) is 0. The third-order valence-electron chi connectivity index (χ3n) is 5.13. The second-order valence-corrected chi connectivity index (χ2v) is 11.4. The fraction of sp³-hybridized carbons (Fsp3) is 0.300. The van der Waals surface area contributed by atoms with E-state index < -0.39 is 68.0 Å². The van der Waals surface area contributed by atoms with E-state index in [9.17, 15) is 40.1 Å². The second-order valence-electron chi connectivity index (χ2n) is 7.41. The van der Waals surface area contributed by atoms with Crippen molar-refractivity contribution in [3.8, 4) is 5.75 Å². The van der Waals surface area contributed by atoms with Crippen molar-refractivity contribution in [1.82, 2.24) is 0 Å². The average molecular weight is 712 g/mol. The maximum absolute atomic E-state index is 14.1. The lowest BCUT2D eigenvalue weighted by atomic mass is 9.87. The van der Waals surface area contributed by atoms with E-state index in [0.717, 1.165) is 0 Å². The van der Waals surface area contributed by atoms with Crippen LogP contribution in [0, 0.1) is 29.2 Å². The number of hydrogen-bond acceptors (Lipinski definition) is 7. The van der Waals surface area contributed by atoms with E-state index in [1.165, 1.54) is 0 Å². The molecule has 7 nitrogen and oxygen atoms in total. The van der Waals surface area contributed by atoms with Crippen molar-refractivity contribution in [3.05, 3.63) is 54.4 Å². The predicted octanol–water partition coefficient (Wildman–Crippen LogP) is 5.76. The fourth-order valence-electron chi connectivity index (χ4n) is 3.45. The zero-order valence-corrected chi connectivity index (χ0v) is 22.6. The minimum atomic E-state index is -5.89. The molecule has 0 bridgehead atoms. The molecule has 0 spiro atoms. The van der Waals surface area contributed by atoms with Crippen LogP contribution >= 0.6 is 47.8 Å². The van der Waals surface area contributed by atoms with Crippen molar-refractivity contribution < 1.29 is 49.6 Å². The lowest BCUT2D eigenvalue weighted by Crippen LogP contribution is -2.30.